The number of rotatable bonds is 22. The van der Waals surface area contributed by atoms with Gasteiger partial charge in [0.1, 0.15) is 10.5 Å². The summed E-state index contributed by atoms with van der Waals surface area (Å²) in [5, 5.41) is 0. The molecule has 0 aliphatic rings. The van der Waals surface area contributed by atoms with E-state index in [1.54, 1.807) is 0 Å². The van der Waals surface area contributed by atoms with Crippen molar-refractivity contribution in [2.75, 3.05) is 0 Å². The van der Waals surface area contributed by atoms with Gasteiger partial charge in [-0.15, -0.1) is 0 Å². The Labute approximate surface area is 193 Å². The quantitative estimate of drug-likeness (QED) is 0.164. The summed E-state index contributed by atoms with van der Waals surface area (Å²) < 4.78 is 29.2. The lowest BCUT2D eigenvalue weighted by Crippen LogP contribution is -2.48. The van der Waals surface area contributed by atoms with Crippen molar-refractivity contribution in [1.82, 2.24) is 0 Å². The fourth-order valence-electron chi connectivity index (χ4n) is 3.46. The Morgan fingerprint density at radius 1 is 0.655 bits per heavy atom. The van der Waals surface area contributed by atoms with Gasteiger partial charge in [0.15, 0.2) is 8.32 Å². The van der Waals surface area contributed by atoms with E-state index < -0.39 is 46.9 Å². The first-order chi connectivity index (χ1) is 13.8. The monoisotopic (exact) mass is 514 g/mol. The van der Waals surface area contributed by atoms with Crippen molar-refractivity contribution in [1.29, 1.82) is 0 Å². The topological polar surface area (TPSA) is 46.2 Å². The standard InChI is InChI=1S/C18H50O5Si6/c1-6-7-8-9-10-11-12-13-14-15-16-17-18-29(5,23-28(2,3)4)22-27-21-26-20-25-19-24/h6-18,25-27H2,1-5,24H3. The van der Waals surface area contributed by atoms with Crippen molar-refractivity contribution >= 4 is 57.4 Å². The van der Waals surface area contributed by atoms with E-state index in [2.05, 4.69) is 33.1 Å². The van der Waals surface area contributed by atoms with E-state index >= 15 is 0 Å². The fourth-order valence-corrected chi connectivity index (χ4v) is 17.6. The third-order valence-electron chi connectivity index (χ3n) is 4.82. The Balaban J connectivity index is 3.85. The summed E-state index contributed by atoms with van der Waals surface area (Å²) in [4.78, 5) is 0. The van der Waals surface area contributed by atoms with E-state index in [0.29, 0.717) is 0 Å². The van der Waals surface area contributed by atoms with Crippen molar-refractivity contribution in [2.24, 2.45) is 0 Å². The second-order valence-electron chi connectivity index (χ2n) is 9.18. The molecule has 0 fully saturated rings. The highest BCUT2D eigenvalue weighted by Crippen LogP contribution is 2.23. The Kier molecular flexibility index (Phi) is 20.5. The minimum atomic E-state index is -2.10. The molecule has 0 aliphatic heterocycles. The van der Waals surface area contributed by atoms with Gasteiger partial charge in [-0.1, -0.05) is 84.0 Å². The molecule has 29 heavy (non-hydrogen) atoms. The van der Waals surface area contributed by atoms with Crippen LogP contribution in [0, 0.1) is 0 Å². The molecule has 0 amide bonds. The molecule has 0 rings (SSSR count). The van der Waals surface area contributed by atoms with E-state index in [4.69, 9.17) is 20.6 Å². The summed E-state index contributed by atoms with van der Waals surface area (Å²) >= 11 is 0. The Hall–Kier alpha value is 1.10. The average molecular weight is 515 g/mol. The van der Waals surface area contributed by atoms with Crippen LogP contribution in [-0.2, 0) is 20.6 Å². The molecular weight excluding hydrogens is 465 g/mol. The molecule has 0 saturated carbocycles. The molecule has 0 saturated heterocycles. The van der Waals surface area contributed by atoms with Gasteiger partial charge in [-0.2, -0.15) is 0 Å². The van der Waals surface area contributed by atoms with Crippen LogP contribution in [0.3, 0.4) is 0 Å². The highest BCUT2D eigenvalue weighted by Gasteiger charge is 2.35. The molecule has 0 N–H and O–H groups in total. The highest BCUT2D eigenvalue weighted by atomic mass is 28.5. The zero-order valence-electron chi connectivity index (χ0n) is 20.4. The minimum absolute atomic E-state index is 0.749. The maximum absolute atomic E-state index is 6.53. The van der Waals surface area contributed by atoms with Gasteiger partial charge in [0.25, 0.3) is 30.0 Å². The van der Waals surface area contributed by atoms with Crippen molar-refractivity contribution in [3.63, 3.8) is 0 Å². The van der Waals surface area contributed by atoms with Crippen LogP contribution >= 0.6 is 0 Å². The first-order valence-electron chi connectivity index (χ1n) is 11.8. The summed E-state index contributed by atoms with van der Waals surface area (Å²) in [6, 6.07) is 1.10. The molecule has 0 aromatic rings. The van der Waals surface area contributed by atoms with Crippen LogP contribution in [0.25, 0.3) is 0 Å². The molecule has 0 aromatic heterocycles. The Morgan fingerprint density at radius 3 is 1.62 bits per heavy atom. The molecule has 1 unspecified atom stereocenters. The molecule has 0 heterocycles. The molecule has 5 nitrogen and oxygen atoms in total. The van der Waals surface area contributed by atoms with Crippen molar-refractivity contribution < 1.29 is 20.6 Å². The van der Waals surface area contributed by atoms with Crippen LogP contribution < -0.4 is 0 Å². The Bertz CT molecular complexity index is 362. The summed E-state index contributed by atoms with van der Waals surface area (Å²) in [5.74, 6) is 0. The van der Waals surface area contributed by atoms with E-state index in [-0.39, 0.29) is 0 Å². The lowest BCUT2D eigenvalue weighted by atomic mass is 10.1. The van der Waals surface area contributed by atoms with Gasteiger partial charge < -0.3 is 20.6 Å². The molecule has 0 bridgehead atoms. The van der Waals surface area contributed by atoms with Crippen molar-refractivity contribution in [2.45, 2.75) is 116 Å². The molecular formula is C18H50O5Si6. The first-order valence-corrected chi connectivity index (χ1v) is 22.0. The second kappa shape index (κ2) is 19.8. The molecule has 0 spiro atoms. The van der Waals surface area contributed by atoms with E-state index in [1.165, 1.54) is 77.0 Å². The van der Waals surface area contributed by atoms with Crippen LogP contribution in [0.1, 0.15) is 84.0 Å². The van der Waals surface area contributed by atoms with E-state index in [1.807, 2.05) is 0 Å². The van der Waals surface area contributed by atoms with Crippen LogP contribution in [0.15, 0.2) is 0 Å². The van der Waals surface area contributed by atoms with Crippen molar-refractivity contribution in [3.05, 3.63) is 0 Å². The molecule has 176 valence electrons. The maximum Gasteiger partial charge on any atom is 0.315 e. The maximum atomic E-state index is 6.53. The van der Waals surface area contributed by atoms with Crippen LogP contribution in [0.5, 0.6) is 0 Å². The van der Waals surface area contributed by atoms with Crippen LogP contribution in [0.2, 0.25) is 32.2 Å². The van der Waals surface area contributed by atoms with Gasteiger partial charge in [0.2, 0.25) is 0 Å². The van der Waals surface area contributed by atoms with Gasteiger partial charge >= 0.3 is 8.56 Å². The largest absolute Gasteiger partial charge is 0.449 e. The average Bonchev–Trinajstić information content (AvgIpc) is 2.64. The van der Waals surface area contributed by atoms with E-state index in [9.17, 15) is 0 Å². The molecule has 11 heteroatoms. The molecule has 0 radical (unpaired) electrons. The van der Waals surface area contributed by atoms with Crippen LogP contribution in [0.4, 0.5) is 0 Å². The van der Waals surface area contributed by atoms with Gasteiger partial charge in [0, 0.05) is 0 Å². The molecule has 0 aliphatic carbocycles. The molecule has 1 atom stereocenters. The van der Waals surface area contributed by atoms with Gasteiger partial charge in [-0.25, -0.2) is 0 Å². The highest BCUT2D eigenvalue weighted by molar-refractivity contribution is 6.83. The van der Waals surface area contributed by atoms with Gasteiger partial charge in [-0.3, -0.25) is 0 Å². The van der Waals surface area contributed by atoms with Gasteiger partial charge in [-0.05, 0) is 32.2 Å². The summed E-state index contributed by atoms with van der Waals surface area (Å²) in [7, 11) is -5.54. The first kappa shape index (κ1) is 30.1. The summed E-state index contributed by atoms with van der Waals surface area (Å²) in [6.45, 7) is 11.3. The predicted molar refractivity (Wildman–Crippen MR) is 142 cm³/mol. The Morgan fingerprint density at radius 2 is 1.14 bits per heavy atom. The SMILES string of the molecule is CCCCCCCCCCCCCC[Si](C)(O[SiH2]O[SiH2]O[SiH2]O[SiH3])O[Si](C)(C)C. The lowest BCUT2D eigenvalue weighted by molar-refractivity contribution is 0.346. The third-order valence-corrected chi connectivity index (χ3v) is 16.8. The number of unbranched alkanes of at least 4 members (excludes halogenated alkanes) is 11. The zero-order chi connectivity index (χ0) is 21.8. The summed E-state index contributed by atoms with van der Waals surface area (Å²) in [5.41, 5.74) is 0. The normalized spacial score (nSPS) is 15.6. The summed E-state index contributed by atoms with van der Waals surface area (Å²) in [6.07, 6.45) is 16.6. The fraction of sp³-hybridized carbons (Fsp3) is 1.00. The smallest absolute Gasteiger partial charge is 0.315 e. The van der Waals surface area contributed by atoms with Crippen molar-refractivity contribution in [3.8, 4) is 0 Å². The lowest BCUT2D eigenvalue weighted by Gasteiger charge is -2.34. The number of hydrogen-bond acceptors (Lipinski definition) is 5. The third kappa shape index (κ3) is 22.1. The van der Waals surface area contributed by atoms with E-state index in [0.717, 1.165) is 16.5 Å². The minimum Gasteiger partial charge on any atom is -0.449 e. The van der Waals surface area contributed by atoms with Crippen LogP contribution in [-0.4, -0.2) is 57.4 Å². The molecule has 0 aromatic carbocycles. The second-order valence-corrected chi connectivity index (χ2v) is 24.4. The predicted octanol–water partition coefficient (Wildman–Crippen LogP) is 2.95. The zero-order valence-corrected chi connectivity index (χ0v) is 28.6. The number of hydrogen-bond donors (Lipinski definition) is 0. The van der Waals surface area contributed by atoms with Gasteiger partial charge in [0.05, 0.1) is 0 Å².